The predicted molar refractivity (Wildman–Crippen MR) is 69.1 cm³/mol. The lowest BCUT2D eigenvalue weighted by Gasteiger charge is -2.11. The molecule has 1 aromatic rings. The van der Waals surface area contributed by atoms with E-state index in [1.807, 2.05) is 0 Å². The predicted octanol–water partition coefficient (Wildman–Crippen LogP) is 0.382. The van der Waals surface area contributed by atoms with Crippen molar-refractivity contribution in [2.45, 2.75) is 23.8 Å². The lowest BCUT2D eigenvalue weighted by molar-refractivity contribution is 0.0857. The number of sulfonamides is 1. The SMILES string of the molecule is NS(=O)(=O)c1cc(F)cc(C(=O)NCC2CCCO2)c1. The van der Waals surface area contributed by atoms with E-state index in [1.54, 1.807) is 0 Å². The van der Waals surface area contributed by atoms with Gasteiger partial charge < -0.3 is 10.1 Å². The minimum Gasteiger partial charge on any atom is -0.376 e. The van der Waals surface area contributed by atoms with Crippen molar-refractivity contribution >= 4 is 15.9 Å². The molecule has 1 atom stereocenters. The van der Waals surface area contributed by atoms with E-state index in [0.717, 1.165) is 31.0 Å². The van der Waals surface area contributed by atoms with Gasteiger partial charge in [0.1, 0.15) is 5.82 Å². The zero-order valence-electron chi connectivity index (χ0n) is 10.6. The van der Waals surface area contributed by atoms with Crippen molar-refractivity contribution in [1.29, 1.82) is 0 Å². The van der Waals surface area contributed by atoms with Crippen LogP contribution in [0.3, 0.4) is 0 Å². The Labute approximate surface area is 116 Å². The maximum atomic E-state index is 13.3. The van der Waals surface area contributed by atoms with Crippen LogP contribution in [0.1, 0.15) is 23.2 Å². The molecular weight excluding hydrogens is 287 g/mol. The minimum absolute atomic E-state index is 0.0507. The van der Waals surface area contributed by atoms with E-state index in [-0.39, 0.29) is 11.7 Å². The number of rotatable bonds is 4. The molecule has 1 saturated heterocycles. The van der Waals surface area contributed by atoms with Gasteiger partial charge in [0.05, 0.1) is 11.0 Å². The Balaban J connectivity index is 2.11. The third kappa shape index (κ3) is 3.75. The second-order valence-corrected chi connectivity index (χ2v) is 6.13. The Bertz CT molecular complexity index is 612. The molecule has 1 aromatic carbocycles. The Morgan fingerprint density at radius 3 is 2.80 bits per heavy atom. The van der Waals surface area contributed by atoms with Gasteiger partial charge in [-0.05, 0) is 31.0 Å². The molecule has 6 nitrogen and oxygen atoms in total. The molecule has 1 heterocycles. The standard InChI is InChI=1S/C12H15FN2O4S/c13-9-4-8(5-11(6-9)20(14,17)18)12(16)15-7-10-2-1-3-19-10/h4-6,10H,1-3,7H2,(H,15,16)(H2,14,17,18). The molecule has 1 unspecified atom stereocenters. The van der Waals surface area contributed by atoms with Crippen molar-refractivity contribution < 1.29 is 22.3 Å². The molecule has 20 heavy (non-hydrogen) atoms. The van der Waals surface area contributed by atoms with Crippen LogP contribution in [-0.4, -0.2) is 33.6 Å². The smallest absolute Gasteiger partial charge is 0.251 e. The van der Waals surface area contributed by atoms with Crippen LogP contribution in [-0.2, 0) is 14.8 Å². The summed E-state index contributed by atoms with van der Waals surface area (Å²) in [6.07, 6.45) is 1.74. The average Bonchev–Trinajstić information content (AvgIpc) is 2.87. The maximum absolute atomic E-state index is 13.3. The fourth-order valence-electron chi connectivity index (χ4n) is 1.97. The highest BCUT2D eigenvalue weighted by molar-refractivity contribution is 7.89. The van der Waals surface area contributed by atoms with Crippen LogP contribution >= 0.6 is 0 Å². The molecule has 3 N–H and O–H groups in total. The van der Waals surface area contributed by atoms with Gasteiger partial charge in [-0.15, -0.1) is 0 Å². The minimum atomic E-state index is -4.06. The summed E-state index contributed by atoms with van der Waals surface area (Å²) in [7, 11) is -4.06. The van der Waals surface area contributed by atoms with Gasteiger partial charge in [0.2, 0.25) is 10.0 Å². The first-order valence-electron chi connectivity index (χ1n) is 6.09. The zero-order chi connectivity index (χ0) is 14.8. The third-order valence-corrected chi connectivity index (χ3v) is 3.87. The van der Waals surface area contributed by atoms with Gasteiger partial charge in [0, 0.05) is 18.7 Å². The molecule has 0 aliphatic carbocycles. The second kappa shape index (κ2) is 5.86. The molecule has 0 spiro atoms. The van der Waals surface area contributed by atoms with E-state index in [2.05, 4.69) is 5.32 Å². The van der Waals surface area contributed by atoms with Gasteiger partial charge in [0.25, 0.3) is 5.91 Å². The highest BCUT2D eigenvalue weighted by atomic mass is 32.2. The largest absolute Gasteiger partial charge is 0.376 e. The topological polar surface area (TPSA) is 98.5 Å². The molecule has 1 aliphatic rings. The second-order valence-electron chi connectivity index (χ2n) is 4.57. The zero-order valence-corrected chi connectivity index (χ0v) is 11.5. The number of hydrogen-bond acceptors (Lipinski definition) is 4. The monoisotopic (exact) mass is 302 g/mol. The number of amides is 1. The molecule has 0 aromatic heterocycles. The number of benzene rings is 1. The van der Waals surface area contributed by atoms with E-state index in [4.69, 9.17) is 9.88 Å². The first-order valence-corrected chi connectivity index (χ1v) is 7.64. The van der Waals surface area contributed by atoms with Crippen LogP contribution in [0.2, 0.25) is 0 Å². The molecule has 1 fully saturated rings. The molecule has 110 valence electrons. The first-order chi connectivity index (χ1) is 9.36. The summed E-state index contributed by atoms with van der Waals surface area (Å²) in [4.78, 5) is 11.4. The Morgan fingerprint density at radius 1 is 1.45 bits per heavy atom. The molecule has 0 radical (unpaired) electrons. The average molecular weight is 302 g/mol. The summed E-state index contributed by atoms with van der Waals surface area (Å²) in [5.74, 6) is -1.40. The van der Waals surface area contributed by atoms with Crippen LogP contribution in [0.15, 0.2) is 23.1 Å². The number of hydrogen-bond donors (Lipinski definition) is 2. The fourth-order valence-corrected chi connectivity index (χ4v) is 2.54. The third-order valence-electron chi connectivity index (χ3n) is 2.98. The van der Waals surface area contributed by atoms with E-state index in [0.29, 0.717) is 13.2 Å². The molecule has 0 saturated carbocycles. The van der Waals surface area contributed by atoms with Crippen molar-refractivity contribution in [3.8, 4) is 0 Å². The Morgan fingerprint density at radius 2 is 2.20 bits per heavy atom. The van der Waals surface area contributed by atoms with E-state index in [9.17, 15) is 17.6 Å². The molecule has 1 amide bonds. The number of halogens is 1. The number of nitrogens with two attached hydrogens (primary N) is 1. The maximum Gasteiger partial charge on any atom is 0.251 e. The van der Waals surface area contributed by atoms with Gasteiger partial charge in [0.15, 0.2) is 0 Å². The van der Waals surface area contributed by atoms with Crippen molar-refractivity contribution in [2.75, 3.05) is 13.2 Å². The summed E-state index contributed by atoms with van der Waals surface area (Å²) in [6.45, 7) is 0.968. The summed E-state index contributed by atoms with van der Waals surface area (Å²) >= 11 is 0. The first kappa shape index (κ1) is 14.9. The van der Waals surface area contributed by atoms with Gasteiger partial charge in [-0.1, -0.05) is 0 Å². The highest BCUT2D eigenvalue weighted by Crippen LogP contribution is 2.14. The van der Waals surface area contributed by atoms with Gasteiger partial charge >= 0.3 is 0 Å². The van der Waals surface area contributed by atoms with Crippen molar-refractivity contribution in [2.24, 2.45) is 5.14 Å². The van der Waals surface area contributed by atoms with Crippen LogP contribution in [0.5, 0.6) is 0 Å². The van der Waals surface area contributed by atoms with Crippen LogP contribution in [0, 0.1) is 5.82 Å². The Kier molecular flexibility index (Phi) is 4.36. The van der Waals surface area contributed by atoms with Gasteiger partial charge in [-0.2, -0.15) is 0 Å². The van der Waals surface area contributed by atoms with Crippen LogP contribution < -0.4 is 10.5 Å². The molecular formula is C12H15FN2O4S. The lowest BCUT2D eigenvalue weighted by atomic mass is 10.2. The van der Waals surface area contributed by atoms with E-state index >= 15 is 0 Å². The van der Waals surface area contributed by atoms with Crippen molar-refractivity contribution in [3.05, 3.63) is 29.6 Å². The summed E-state index contributed by atoms with van der Waals surface area (Å²) in [5, 5.41) is 7.50. The lowest BCUT2D eigenvalue weighted by Crippen LogP contribution is -2.32. The number of nitrogens with one attached hydrogen (secondary N) is 1. The molecule has 2 rings (SSSR count). The van der Waals surface area contributed by atoms with Crippen LogP contribution in [0.4, 0.5) is 4.39 Å². The summed E-state index contributed by atoms with van der Waals surface area (Å²) in [5.41, 5.74) is -0.0907. The highest BCUT2D eigenvalue weighted by Gasteiger charge is 2.18. The van der Waals surface area contributed by atoms with Crippen molar-refractivity contribution in [3.63, 3.8) is 0 Å². The molecule has 1 aliphatic heterocycles. The molecule has 8 heteroatoms. The number of carbonyl (C=O) groups is 1. The number of carbonyl (C=O) groups excluding carboxylic acids is 1. The summed E-state index contributed by atoms with van der Waals surface area (Å²) in [6, 6.07) is 2.77. The number of primary sulfonamides is 1. The summed E-state index contributed by atoms with van der Waals surface area (Å²) < 4.78 is 41.0. The molecule has 0 bridgehead atoms. The van der Waals surface area contributed by atoms with Crippen LogP contribution in [0.25, 0.3) is 0 Å². The fraction of sp³-hybridized carbons (Fsp3) is 0.417. The van der Waals surface area contributed by atoms with E-state index in [1.165, 1.54) is 0 Å². The van der Waals surface area contributed by atoms with Gasteiger partial charge in [-0.25, -0.2) is 17.9 Å². The Hall–Kier alpha value is -1.51. The van der Waals surface area contributed by atoms with Gasteiger partial charge in [-0.3, -0.25) is 4.79 Å². The number of ether oxygens (including phenoxy) is 1. The quantitative estimate of drug-likeness (QED) is 0.840. The normalized spacial score (nSPS) is 19.0. The van der Waals surface area contributed by atoms with E-state index < -0.39 is 26.6 Å². The van der Waals surface area contributed by atoms with Crippen molar-refractivity contribution in [1.82, 2.24) is 5.32 Å².